The van der Waals surface area contributed by atoms with E-state index < -0.39 is 0 Å². The maximum Gasteiger partial charge on any atom is 0.271 e. The number of aryl methyl sites for hydroxylation is 2. The SMILES string of the molecule is CCn1cc(Br)cc1C(=O)N1CCCC1c1cccc(C)c1. The van der Waals surface area contributed by atoms with Crippen LogP contribution in [0.4, 0.5) is 0 Å². The zero-order valence-corrected chi connectivity index (χ0v) is 14.6. The monoisotopic (exact) mass is 360 g/mol. The Morgan fingerprint density at radius 2 is 2.18 bits per heavy atom. The zero-order valence-electron chi connectivity index (χ0n) is 13.1. The van der Waals surface area contributed by atoms with E-state index in [9.17, 15) is 4.79 Å². The van der Waals surface area contributed by atoms with Gasteiger partial charge in [0.2, 0.25) is 0 Å². The minimum Gasteiger partial charge on any atom is -0.343 e. The highest BCUT2D eigenvalue weighted by atomic mass is 79.9. The first-order valence-electron chi connectivity index (χ1n) is 7.83. The van der Waals surface area contributed by atoms with E-state index in [1.807, 2.05) is 21.7 Å². The van der Waals surface area contributed by atoms with Gasteiger partial charge in [0, 0.05) is 23.8 Å². The Bertz CT molecular complexity index is 692. The third-order valence-corrected chi connectivity index (χ3v) is 4.80. The van der Waals surface area contributed by atoms with Gasteiger partial charge in [0.15, 0.2) is 0 Å². The van der Waals surface area contributed by atoms with E-state index in [0.717, 1.165) is 36.1 Å². The quantitative estimate of drug-likeness (QED) is 0.787. The van der Waals surface area contributed by atoms with Crippen LogP contribution in [0.15, 0.2) is 41.0 Å². The lowest BCUT2D eigenvalue weighted by atomic mass is 10.0. The van der Waals surface area contributed by atoms with Crippen molar-refractivity contribution >= 4 is 21.8 Å². The zero-order chi connectivity index (χ0) is 15.7. The van der Waals surface area contributed by atoms with Crippen molar-refractivity contribution in [3.8, 4) is 0 Å². The second-order valence-corrected chi connectivity index (χ2v) is 6.82. The molecule has 0 radical (unpaired) electrons. The number of halogens is 1. The van der Waals surface area contributed by atoms with Gasteiger partial charge in [-0.1, -0.05) is 29.8 Å². The molecule has 1 atom stereocenters. The summed E-state index contributed by atoms with van der Waals surface area (Å²) < 4.78 is 2.97. The standard InChI is InChI=1S/C18H21BrN2O/c1-3-20-12-15(19)11-17(20)18(22)21-9-5-8-16(21)14-7-4-6-13(2)10-14/h4,6-7,10-12,16H,3,5,8-9H2,1-2H3. The Balaban J connectivity index is 1.91. The molecule has 0 N–H and O–H groups in total. The van der Waals surface area contributed by atoms with Crippen molar-refractivity contribution in [2.24, 2.45) is 0 Å². The summed E-state index contributed by atoms with van der Waals surface area (Å²) in [6.45, 7) is 5.80. The first-order valence-corrected chi connectivity index (χ1v) is 8.62. The maximum absolute atomic E-state index is 13.0. The van der Waals surface area contributed by atoms with E-state index in [1.165, 1.54) is 11.1 Å². The molecule has 0 aliphatic carbocycles. The third-order valence-electron chi connectivity index (χ3n) is 4.36. The largest absolute Gasteiger partial charge is 0.343 e. The molecule has 1 aliphatic heterocycles. The van der Waals surface area contributed by atoms with Crippen molar-refractivity contribution in [1.82, 2.24) is 9.47 Å². The van der Waals surface area contributed by atoms with Crippen LogP contribution >= 0.6 is 15.9 Å². The van der Waals surface area contributed by atoms with Crippen molar-refractivity contribution in [2.75, 3.05) is 6.54 Å². The summed E-state index contributed by atoms with van der Waals surface area (Å²) >= 11 is 3.48. The Kier molecular flexibility index (Phi) is 4.39. The molecule has 0 saturated carbocycles. The molecule has 4 heteroatoms. The van der Waals surface area contributed by atoms with Crippen LogP contribution in [-0.2, 0) is 6.54 Å². The van der Waals surface area contributed by atoms with E-state index in [2.05, 4.69) is 54.0 Å². The number of carbonyl (C=O) groups is 1. The fourth-order valence-electron chi connectivity index (χ4n) is 3.30. The molecule has 1 amide bonds. The predicted octanol–water partition coefficient (Wildman–Crippen LogP) is 4.56. The van der Waals surface area contributed by atoms with Gasteiger partial charge in [-0.25, -0.2) is 0 Å². The lowest BCUT2D eigenvalue weighted by molar-refractivity contribution is 0.0724. The fourth-order valence-corrected chi connectivity index (χ4v) is 3.76. The van der Waals surface area contributed by atoms with E-state index in [1.54, 1.807) is 0 Å². The first-order chi connectivity index (χ1) is 10.6. The first kappa shape index (κ1) is 15.3. The molecule has 1 unspecified atom stereocenters. The summed E-state index contributed by atoms with van der Waals surface area (Å²) in [7, 11) is 0. The number of carbonyl (C=O) groups excluding carboxylic acids is 1. The van der Waals surface area contributed by atoms with Crippen LogP contribution in [0.2, 0.25) is 0 Å². The van der Waals surface area contributed by atoms with E-state index in [-0.39, 0.29) is 11.9 Å². The van der Waals surface area contributed by atoms with Crippen molar-refractivity contribution in [1.29, 1.82) is 0 Å². The lowest BCUT2D eigenvalue weighted by Crippen LogP contribution is -2.32. The van der Waals surface area contributed by atoms with Gasteiger partial charge < -0.3 is 9.47 Å². The molecule has 1 saturated heterocycles. The van der Waals surface area contributed by atoms with Crippen molar-refractivity contribution in [2.45, 2.75) is 39.3 Å². The Morgan fingerprint density at radius 3 is 2.91 bits per heavy atom. The molecule has 1 fully saturated rings. The molecule has 1 aromatic heterocycles. The van der Waals surface area contributed by atoms with Crippen LogP contribution < -0.4 is 0 Å². The number of benzene rings is 1. The summed E-state index contributed by atoms with van der Waals surface area (Å²) in [5.74, 6) is 0.136. The number of hydrogen-bond acceptors (Lipinski definition) is 1. The molecule has 2 heterocycles. The van der Waals surface area contributed by atoms with Crippen molar-refractivity contribution in [3.05, 3.63) is 57.8 Å². The summed E-state index contributed by atoms with van der Waals surface area (Å²) in [5, 5.41) is 0. The topological polar surface area (TPSA) is 25.2 Å². The molecule has 0 bridgehead atoms. The minimum atomic E-state index is 0.136. The Labute approximate surface area is 140 Å². The molecule has 116 valence electrons. The molecule has 0 spiro atoms. The van der Waals surface area contributed by atoms with Gasteiger partial charge in [-0.15, -0.1) is 0 Å². The van der Waals surface area contributed by atoms with Gasteiger partial charge in [0.1, 0.15) is 5.69 Å². The lowest BCUT2D eigenvalue weighted by Gasteiger charge is -2.25. The van der Waals surface area contributed by atoms with E-state index in [0.29, 0.717) is 0 Å². The number of likely N-dealkylation sites (tertiary alicyclic amines) is 1. The van der Waals surface area contributed by atoms with E-state index >= 15 is 0 Å². The average molecular weight is 361 g/mol. The van der Waals surface area contributed by atoms with Crippen LogP contribution in [0.25, 0.3) is 0 Å². The second kappa shape index (κ2) is 6.29. The molecule has 1 aromatic carbocycles. The van der Waals surface area contributed by atoms with Gasteiger partial charge >= 0.3 is 0 Å². The highest BCUT2D eigenvalue weighted by molar-refractivity contribution is 9.10. The average Bonchev–Trinajstić information content (AvgIpc) is 3.12. The van der Waals surface area contributed by atoms with Crippen LogP contribution in [0, 0.1) is 6.92 Å². The number of amides is 1. The molecule has 22 heavy (non-hydrogen) atoms. The summed E-state index contributed by atoms with van der Waals surface area (Å²) in [4.78, 5) is 15.0. The highest BCUT2D eigenvalue weighted by Gasteiger charge is 2.31. The highest BCUT2D eigenvalue weighted by Crippen LogP contribution is 2.34. The fraction of sp³-hybridized carbons (Fsp3) is 0.389. The molecular weight excluding hydrogens is 340 g/mol. The second-order valence-electron chi connectivity index (χ2n) is 5.90. The molecule has 2 aromatic rings. The number of aromatic nitrogens is 1. The molecule has 1 aliphatic rings. The number of nitrogens with zero attached hydrogens (tertiary/aromatic N) is 2. The molecule has 3 rings (SSSR count). The normalized spacial score (nSPS) is 18.0. The Morgan fingerprint density at radius 1 is 1.36 bits per heavy atom. The van der Waals surface area contributed by atoms with Crippen LogP contribution in [0.1, 0.15) is 47.4 Å². The summed E-state index contributed by atoms with van der Waals surface area (Å²) in [6.07, 6.45) is 4.09. The number of hydrogen-bond donors (Lipinski definition) is 0. The minimum absolute atomic E-state index is 0.136. The van der Waals surface area contributed by atoms with Crippen molar-refractivity contribution < 1.29 is 4.79 Å². The third kappa shape index (κ3) is 2.84. The van der Waals surface area contributed by atoms with E-state index in [4.69, 9.17) is 0 Å². The van der Waals surface area contributed by atoms with Gasteiger partial charge in [-0.2, -0.15) is 0 Å². The van der Waals surface area contributed by atoms with Gasteiger partial charge in [-0.05, 0) is 54.2 Å². The molecule has 3 nitrogen and oxygen atoms in total. The van der Waals surface area contributed by atoms with Crippen LogP contribution in [0.5, 0.6) is 0 Å². The van der Waals surface area contributed by atoms with Gasteiger partial charge in [0.25, 0.3) is 5.91 Å². The van der Waals surface area contributed by atoms with Crippen LogP contribution in [-0.4, -0.2) is 21.9 Å². The van der Waals surface area contributed by atoms with Crippen LogP contribution in [0.3, 0.4) is 0 Å². The summed E-state index contributed by atoms with van der Waals surface area (Å²) in [5.41, 5.74) is 3.27. The maximum atomic E-state index is 13.0. The van der Waals surface area contributed by atoms with Crippen molar-refractivity contribution in [3.63, 3.8) is 0 Å². The summed E-state index contributed by atoms with van der Waals surface area (Å²) in [6, 6.07) is 10.6. The number of rotatable bonds is 3. The Hall–Kier alpha value is -1.55. The van der Waals surface area contributed by atoms with Gasteiger partial charge in [0.05, 0.1) is 6.04 Å². The molecular formula is C18H21BrN2O. The predicted molar refractivity (Wildman–Crippen MR) is 92.0 cm³/mol. The smallest absolute Gasteiger partial charge is 0.271 e. The van der Waals surface area contributed by atoms with Gasteiger partial charge in [-0.3, -0.25) is 4.79 Å².